The van der Waals surface area contributed by atoms with Gasteiger partial charge in [0, 0.05) is 6.42 Å². The Kier molecular flexibility index (Phi) is 4.21. The van der Waals surface area contributed by atoms with Crippen LogP contribution in [0.25, 0.3) is 0 Å². The monoisotopic (exact) mass is 224 g/mol. The Balaban J connectivity index is 3.15. The molecule has 0 fully saturated rings. The predicted molar refractivity (Wildman–Crippen MR) is 65.3 cm³/mol. The molecule has 0 aromatic heterocycles. The lowest BCUT2D eigenvalue weighted by molar-refractivity contribution is 0.0986. The first kappa shape index (κ1) is 12.1. The van der Waals surface area contributed by atoms with Gasteiger partial charge in [0.25, 0.3) is 0 Å². The Morgan fingerprint density at radius 3 is 2.47 bits per heavy atom. The Morgan fingerprint density at radius 1 is 1.33 bits per heavy atom. The number of ketones is 1. The van der Waals surface area contributed by atoms with Crippen LogP contribution in [0, 0.1) is 13.8 Å². The summed E-state index contributed by atoms with van der Waals surface area (Å²) in [5.74, 6) is 1.31. The van der Waals surface area contributed by atoms with Crippen molar-refractivity contribution in [2.75, 3.05) is 12.9 Å². The van der Waals surface area contributed by atoms with Crippen LogP contribution in [0.4, 0.5) is 0 Å². The smallest absolute Gasteiger partial charge is 0.167 e. The molecule has 0 atom stereocenters. The standard InChI is InChI=1S/C12H16O2S/c1-8-6-10(11(13)4-5-15)12(14-3)7-9(8)2/h6-7,15H,4-5H2,1-3H3. The molecule has 0 heterocycles. The molecule has 0 saturated carbocycles. The number of rotatable bonds is 4. The van der Waals surface area contributed by atoms with E-state index in [0.717, 1.165) is 11.1 Å². The molecule has 0 N–H and O–H groups in total. The second kappa shape index (κ2) is 5.21. The van der Waals surface area contributed by atoms with Gasteiger partial charge in [-0.1, -0.05) is 0 Å². The van der Waals surface area contributed by atoms with Crippen LogP contribution in [0.2, 0.25) is 0 Å². The number of aryl methyl sites for hydroxylation is 2. The number of methoxy groups -OCH3 is 1. The van der Waals surface area contributed by atoms with Crippen molar-refractivity contribution in [3.63, 3.8) is 0 Å². The zero-order valence-electron chi connectivity index (χ0n) is 9.33. The largest absolute Gasteiger partial charge is 0.496 e. The molecule has 3 heteroatoms. The van der Waals surface area contributed by atoms with Gasteiger partial charge in [-0.3, -0.25) is 4.79 Å². The van der Waals surface area contributed by atoms with Gasteiger partial charge in [-0.2, -0.15) is 12.6 Å². The number of benzene rings is 1. The Morgan fingerprint density at radius 2 is 1.93 bits per heavy atom. The van der Waals surface area contributed by atoms with E-state index >= 15 is 0 Å². The van der Waals surface area contributed by atoms with E-state index in [2.05, 4.69) is 12.6 Å². The zero-order chi connectivity index (χ0) is 11.4. The van der Waals surface area contributed by atoms with Gasteiger partial charge in [0.1, 0.15) is 5.75 Å². The maximum Gasteiger partial charge on any atom is 0.167 e. The SMILES string of the molecule is COc1cc(C)c(C)cc1C(=O)CCS. The van der Waals surface area contributed by atoms with Crippen molar-refractivity contribution >= 4 is 18.4 Å². The third-order valence-corrected chi connectivity index (χ3v) is 2.68. The molecule has 0 saturated heterocycles. The molecule has 0 aliphatic carbocycles. The number of hydrogen-bond acceptors (Lipinski definition) is 3. The first-order valence-corrected chi connectivity index (χ1v) is 5.52. The van der Waals surface area contributed by atoms with Crippen LogP contribution < -0.4 is 4.74 Å². The molecule has 0 aliphatic rings. The molecular weight excluding hydrogens is 208 g/mol. The molecule has 0 bridgehead atoms. The van der Waals surface area contributed by atoms with Gasteiger partial charge in [0.15, 0.2) is 5.78 Å². The quantitative estimate of drug-likeness (QED) is 0.628. The third-order valence-electron chi connectivity index (χ3n) is 2.46. The normalized spacial score (nSPS) is 10.1. The molecule has 0 spiro atoms. The molecule has 0 aliphatic heterocycles. The second-order valence-corrected chi connectivity index (χ2v) is 3.98. The van der Waals surface area contributed by atoms with Crippen LogP contribution in [0.5, 0.6) is 5.75 Å². The number of carbonyl (C=O) groups is 1. The molecule has 0 unspecified atom stereocenters. The Hall–Kier alpha value is -0.960. The number of hydrogen-bond donors (Lipinski definition) is 1. The van der Waals surface area contributed by atoms with Crippen molar-refractivity contribution < 1.29 is 9.53 Å². The molecule has 82 valence electrons. The highest BCUT2D eigenvalue weighted by Crippen LogP contribution is 2.24. The van der Waals surface area contributed by atoms with E-state index in [4.69, 9.17) is 4.74 Å². The van der Waals surface area contributed by atoms with E-state index in [1.807, 2.05) is 26.0 Å². The summed E-state index contributed by atoms with van der Waals surface area (Å²) < 4.78 is 5.20. The minimum absolute atomic E-state index is 0.0879. The van der Waals surface area contributed by atoms with Crippen LogP contribution in [-0.4, -0.2) is 18.6 Å². The maximum atomic E-state index is 11.8. The summed E-state index contributed by atoms with van der Waals surface area (Å²) >= 11 is 4.06. The molecule has 2 nitrogen and oxygen atoms in total. The maximum absolute atomic E-state index is 11.8. The fourth-order valence-corrected chi connectivity index (χ4v) is 1.62. The number of carbonyl (C=O) groups excluding carboxylic acids is 1. The molecular formula is C12H16O2S. The highest BCUT2D eigenvalue weighted by molar-refractivity contribution is 7.80. The number of ether oxygens (including phenoxy) is 1. The summed E-state index contributed by atoms with van der Waals surface area (Å²) in [7, 11) is 1.58. The van der Waals surface area contributed by atoms with Gasteiger partial charge in [0.2, 0.25) is 0 Å². The summed E-state index contributed by atoms with van der Waals surface area (Å²) in [6.45, 7) is 4.00. The lowest BCUT2D eigenvalue weighted by Crippen LogP contribution is -2.04. The van der Waals surface area contributed by atoms with Crippen LogP contribution >= 0.6 is 12.6 Å². The summed E-state index contributed by atoms with van der Waals surface area (Å²) in [5, 5.41) is 0. The van der Waals surface area contributed by atoms with Crippen molar-refractivity contribution in [3.8, 4) is 5.75 Å². The lowest BCUT2D eigenvalue weighted by atomic mass is 10.0. The van der Waals surface area contributed by atoms with Gasteiger partial charge in [0.05, 0.1) is 12.7 Å². The fraction of sp³-hybridized carbons (Fsp3) is 0.417. The minimum Gasteiger partial charge on any atom is -0.496 e. The van der Waals surface area contributed by atoms with E-state index in [9.17, 15) is 4.79 Å². The summed E-state index contributed by atoms with van der Waals surface area (Å²) in [6.07, 6.45) is 0.446. The molecule has 15 heavy (non-hydrogen) atoms. The topological polar surface area (TPSA) is 26.3 Å². The van der Waals surface area contributed by atoms with Crippen molar-refractivity contribution in [3.05, 3.63) is 28.8 Å². The van der Waals surface area contributed by atoms with Gasteiger partial charge >= 0.3 is 0 Å². The second-order valence-electron chi connectivity index (χ2n) is 3.53. The van der Waals surface area contributed by atoms with Gasteiger partial charge in [-0.05, 0) is 42.9 Å². The molecule has 1 aromatic carbocycles. The Bertz CT molecular complexity index is 372. The first-order valence-electron chi connectivity index (χ1n) is 4.89. The van der Waals surface area contributed by atoms with Gasteiger partial charge < -0.3 is 4.74 Å². The van der Waals surface area contributed by atoms with Crippen molar-refractivity contribution in [2.45, 2.75) is 20.3 Å². The van der Waals surface area contributed by atoms with Crippen LogP contribution in [0.3, 0.4) is 0 Å². The minimum atomic E-state index is 0.0879. The van der Waals surface area contributed by atoms with E-state index in [-0.39, 0.29) is 5.78 Å². The summed E-state index contributed by atoms with van der Waals surface area (Å²) in [6, 6.07) is 3.79. The van der Waals surface area contributed by atoms with Crippen molar-refractivity contribution in [1.29, 1.82) is 0 Å². The first-order chi connectivity index (χ1) is 7.10. The zero-order valence-corrected chi connectivity index (χ0v) is 10.2. The van der Waals surface area contributed by atoms with Crippen molar-refractivity contribution in [2.24, 2.45) is 0 Å². The predicted octanol–water partition coefficient (Wildman–Crippen LogP) is 2.81. The van der Waals surface area contributed by atoms with Crippen LogP contribution in [0.15, 0.2) is 12.1 Å². The van der Waals surface area contributed by atoms with Gasteiger partial charge in [-0.25, -0.2) is 0 Å². The molecule has 1 aromatic rings. The average molecular weight is 224 g/mol. The summed E-state index contributed by atoms with van der Waals surface area (Å²) in [4.78, 5) is 11.8. The molecule has 1 rings (SSSR count). The van der Waals surface area contributed by atoms with E-state index < -0.39 is 0 Å². The molecule has 0 radical (unpaired) electrons. The van der Waals surface area contributed by atoms with Crippen LogP contribution in [0.1, 0.15) is 27.9 Å². The summed E-state index contributed by atoms with van der Waals surface area (Å²) in [5.41, 5.74) is 2.90. The average Bonchev–Trinajstić information content (AvgIpc) is 2.21. The highest BCUT2D eigenvalue weighted by Gasteiger charge is 2.12. The third kappa shape index (κ3) is 2.75. The Labute approximate surface area is 96.1 Å². The van der Waals surface area contributed by atoms with Crippen LogP contribution in [-0.2, 0) is 0 Å². The van der Waals surface area contributed by atoms with E-state index in [1.54, 1.807) is 7.11 Å². The lowest BCUT2D eigenvalue weighted by Gasteiger charge is -2.10. The molecule has 0 amide bonds. The highest BCUT2D eigenvalue weighted by atomic mass is 32.1. The van der Waals surface area contributed by atoms with E-state index in [1.165, 1.54) is 0 Å². The number of thiol groups is 1. The fourth-order valence-electron chi connectivity index (χ4n) is 1.41. The van der Waals surface area contributed by atoms with Gasteiger partial charge in [-0.15, -0.1) is 0 Å². The van der Waals surface area contributed by atoms with Crippen molar-refractivity contribution in [1.82, 2.24) is 0 Å². The van der Waals surface area contributed by atoms with E-state index in [0.29, 0.717) is 23.5 Å². The number of Topliss-reactive ketones (excluding diaryl/α,β-unsaturated/α-hetero) is 1.